The molecule has 1 atom stereocenters. The first-order valence-corrected chi connectivity index (χ1v) is 8.93. The van der Waals surface area contributed by atoms with Crippen molar-refractivity contribution in [3.05, 3.63) is 58.7 Å². The van der Waals surface area contributed by atoms with Crippen LogP contribution in [-0.2, 0) is 4.79 Å². The van der Waals surface area contributed by atoms with Gasteiger partial charge in [-0.2, -0.15) is 0 Å². The van der Waals surface area contributed by atoms with Crippen molar-refractivity contribution in [2.45, 2.75) is 66.7 Å². The SMILES string of the molecule is CCCC1(C)CCCC(C)=C1/C=C/C(C)=C/C=C/C(C)=C/C(=O)O. The highest BCUT2D eigenvalue weighted by atomic mass is 16.4. The third kappa shape index (κ3) is 6.35. The van der Waals surface area contributed by atoms with E-state index in [1.807, 2.05) is 18.2 Å². The maximum atomic E-state index is 10.6. The monoisotopic (exact) mass is 328 g/mol. The van der Waals surface area contributed by atoms with Gasteiger partial charge >= 0.3 is 5.97 Å². The molecule has 0 radical (unpaired) electrons. The van der Waals surface area contributed by atoms with E-state index in [2.05, 4.69) is 39.8 Å². The fourth-order valence-electron chi connectivity index (χ4n) is 3.55. The summed E-state index contributed by atoms with van der Waals surface area (Å²) in [6.07, 6.45) is 17.7. The zero-order valence-corrected chi connectivity index (χ0v) is 15.9. The first-order chi connectivity index (χ1) is 11.3. The van der Waals surface area contributed by atoms with Gasteiger partial charge in [0.25, 0.3) is 0 Å². The van der Waals surface area contributed by atoms with Gasteiger partial charge in [-0.3, -0.25) is 0 Å². The van der Waals surface area contributed by atoms with E-state index in [-0.39, 0.29) is 0 Å². The van der Waals surface area contributed by atoms with Gasteiger partial charge in [0.05, 0.1) is 0 Å². The lowest BCUT2D eigenvalue weighted by molar-refractivity contribution is -0.131. The summed E-state index contributed by atoms with van der Waals surface area (Å²) in [5.74, 6) is -0.910. The first-order valence-electron chi connectivity index (χ1n) is 8.93. The number of carboxylic acid groups (broad SMARTS) is 1. The van der Waals surface area contributed by atoms with Crippen LogP contribution in [0.15, 0.2) is 58.7 Å². The molecule has 1 N–H and O–H groups in total. The van der Waals surface area contributed by atoms with Crippen LogP contribution in [-0.4, -0.2) is 11.1 Å². The predicted molar refractivity (Wildman–Crippen MR) is 103 cm³/mol. The summed E-state index contributed by atoms with van der Waals surface area (Å²) in [5.41, 5.74) is 5.24. The number of hydrogen-bond donors (Lipinski definition) is 1. The standard InChI is InChI=1S/C22H32O2/c1-6-14-22(5)15-8-11-19(4)20(22)13-12-17(2)9-7-10-18(3)16-21(23)24/h7,9-10,12-13,16H,6,8,11,14-15H2,1-5H3,(H,23,24)/b10-7+,13-12+,17-9+,18-16+. The molecule has 0 aromatic rings. The Morgan fingerprint density at radius 3 is 2.58 bits per heavy atom. The Morgan fingerprint density at radius 1 is 1.25 bits per heavy atom. The van der Waals surface area contributed by atoms with E-state index in [9.17, 15) is 4.79 Å². The highest BCUT2D eigenvalue weighted by Crippen LogP contribution is 2.44. The van der Waals surface area contributed by atoms with E-state index >= 15 is 0 Å². The number of aliphatic carboxylic acids is 1. The second-order valence-electron chi connectivity index (χ2n) is 7.19. The van der Waals surface area contributed by atoms with Crippen molar-refractivity contribution in [2.24, 2.45) is 5.41 Å². The van der Waals surface area contributed by atoms with Gasteiger partial charge in [0.1, 0.15) is 0 Å². The summed E-state index contributed by atoms with van der Waals surface area (Å²) < 4.78 is 0. The molecule has 0 amide bonds. The van der Waals surface area contributed by atoms with Crippen LogP contribution < -0.4 is 0 Å². The van der Waals surface area contributed by atoms with Gasteiger partial charge in [0.15, 0.2) is 0 Å². The van der Waals surface area contributed by atoms with Crippen LogP contribution >= 0.6 is 0 Å². The van der Waals surface area contributed by atoms with Crippen molar-refractivity contribution in [3.8, 4) is 0 Å². The van der Waals surface area contributed by atoms with Crippen molar-refractivity contribution in [1.82, 2.24) is 0 Å². The van der Waals surface area contributed by atoms with Crippen molar-refractivity contribution >= 4 is 5.97 Å². The average Bonchev–Trinajstić information content (AvgIpc) is 2.46. The minimum Gasteiger partial charge on any atom is -0.478 e. The van der Waals surface area contributed by atoms with E-state index in [4.69, 9.17) is 5.11 Å². The second-order valence-corrected chi connectivity index (χ2v) is 7.19. The summed E-state index contributed by atoms with van der Waals surface area (Å²) >= 11 is 0. The average molecular weight is 328 g/mol. The van der Waals surface area contributed by atoms with Crippen LogP contribution in [0.1, 0.15) is 66.7 Å². The normalized spacial score (nSPS) is 23.5. The Hall–Kier alpha value is -1.83. The van der Waals surface area contributed by atoms with Crippen molar-refractivity contribution in [3.63, 3.8) is 0 Å². The van der Waals surface area contributed by atoms with E-state index < -0.39 is 5.97 Å². The third-order valence-corrected chi connectivity index (χ3v) is 4.77. The highest BCUT2D eigenvalue weighted by Gasteiger charge is 2.30. The molecule has 0 aromatic heterocycles. The Bertz CT molecular complexity index is 599. The molecule has 0 aliphatic heterocycles. The fourth-order valence-corrected chi connectivity index (χ4v) is 3.55. The molecule has 132 valence electrons. The zero-order chi connectivity index (χ0) is 18.2. The van der Waals surface area contributed by atoms with Crippen LogP contribution in [0.4, 0.5) is 0 Å². The molecule has 2 heteroatoms. The molecule has 0 heterocycles. The minimum absolute atomic E-state index is 0.310. The van der Waals surface area contributed by atoms with E-state index in [0.717, 1.165) is 5.57 Å². The van der Waals surface area contributed by atoms with Crippen molar-refractivity contribution < 1.29 is 9.90 Å². The number of carboxylic acids is 1. The smallest absolute Gasteiger partial charge is 0.328 e. The summed E-state index contributed by atoms with van der Waals surface area (Å²) in [7, 11) is 0. The van der Waals surface area contributed by atoms with Crippen LogP contribution in [0, 0.1) is 5.41 Å². The molecular formula is C22H32O2. The topological polar surface area (TPSA) is 37.3 Å². The molecule has 0 bridgehead atoms. The molecular weight excluding hydrogens is 296 g/mol. The van der Waals surface area contributed by atoms with E-state index in [0.29, 0.717) is 5.41 Å². The molecule has 1 unspecified atom stereocenters. The van der Waals surface area contributed by atoms with Crippen LogP contribution in [0.2, 0.25) is 0 Å². The molecule has 0 fully saturated rings. The summed E-state index contributed by atoms with van der Waals surface area (Å²) in [5, 5.41) is 8.70. The number of hydrogen-bond acceptors (Lipinski definition) is 1. The molecule has 0 saturated carbocycles. The van der Waals surface area contributed by atoms with Crippen LogP contribution in [0.5, 0.6) is 0 Å². The van der Waals surface area contributed by atoms with Gasteiger partial charge in [-0.25, -0.2) is 4.79 Å². The highest BCUT2D eigenvalue weighted by molar-refractivity contribution is 5.81. The third-order valence-electron chi connectivity index (χ3n) is 4.77. The summed E-state index contributed by atoms with van der Waals surface area (Å²) in [6, 6.07) is 0. The first kappa shape index (κ1) is 20.2. The number of rotatable bonds is 7. The largest absolute Gasteiger partial charge is 0.478 e. The summed E-state index contributed by atoms with van der Waals surface area (Å²) in [4.78, 5) is 10.6. The molecule has 1 rings (SSSR count). The second kappa shape index (κ2) is 9.46. The maximum Gasteiger partial charge on any atom is 0.328 e. The number of carbonyl (C=O) groups is 1. The van der Waals surface area contributed by atoms with Gasteiger partial charge < -0.3 is 5.11 Å². The quantitative estimate of drug-likeness (QED) is 0.434. The molecule has 0 spiro atoms. The lowest BCUT2D eigenvalue weighted by Crippen LogP contribution is -2.23. The Balaban J connectivity index is 2.87. The molecule has 1 aliphatic rings. The lowest BCUT2D eigenvalue weighted by Gasteiger charge is -2.36. The van der Waals surface area contributed by atoms with Gasteiger partial charge in [0, 0.05) is 6.08 Å². The van der Waals surface area contributed by atoms with Crippen molar-refractivity contribution in [1.29, 1.82) is 0 Å². The molecule has 1 aliphatic carbocycles. The zero-order valence-electron chi connectivity index (χ0n) is 15.9. The van der Waals surface area contributed by atoms with Gasteiger partial charge in [-0.1, -0.05) is 61.8 Å². The Labute approximate surface area is 147 Å². The fraction of sp³-hybridized carbons (Fsp3) is 0.500. The van der Waals surface area contributed by atoms with E-state index in [1.165, 1.54) is 54.9 Å². The maximum absolute atomic E-state index is 10.6. The predicted octanol–water partition coefficient (Wildman–Crippen LogP) is 6.38. The Kier molecular flexibility index (Phi) is 7.97. The lowest BCUT2D eigenvalue weighted by atomic mass is 9.68. The van der Waals surface area contributed by atoms with E-state index in [1.54, 1.807) is 6.92 Å². The van der Waals surface area contributed by atoms with Crippen molar-refractivity contribution in [2.75, 3.05) is 0 Å². The molecule has 24 heavy (non-hydrogen) atoms. The minimum atomic E-state index is -0.910. The molecule has 2 nitrogen and oxygen atoms in total. The van der Waals surface area contributed by atoms with Crippen LogP contribution in [0.25, 0.3) is 0 Å². The molecule has 0 aromatic carbocycles. The van der Waals surface area contributed by atoms with Gasteiger partial charge in [0.2, 0.25) is 0 Å². The van der Waals surface area contributed by atoms with Gasteiger partial charge in [-0.05, 0) is 63.0 Å². The summed E-state index contributed by atoms with van der Waals surface area (Å²) in [6.45, 7) is 10.8. The van der Waals surface area contributed by atoms with Gasteiger partial charge in [-0.15, -0.1) is 0 Å². The van der Waals surface area contributed by atoms with Crippen LogP contribution in [0.3, 0.4) is 0 Å². The Morgan fingerprint density at radius 2 is 1.96 bits per heavy atom. The molecule has 0 saturated heterocycles. The number of allylic oxidation sites excluding steroid dienone is 9.